The van der Waals surface area contributed by atoms with Crippen LogP contribution in [-0.2, 0) is 4.74 Å². The summed E-state index contributed by atoms with van der Waals surface area (Å²) in [4.78, 5) is 0. The molecule has 0 aromatic rings. The zero-order valence-electron chi connectivity index (χ0n) is 9.67. The highest BCUT2D eigenvalue weighted by atomic mass is 16.6. The number of allylic oxidation sites excluding steroid dienone is 1. The van der Waals surface area contributed by atoms with Crippen LogP contribution in [0.15, 0.2) is 12.2 Å². The second-order valence-electron chi connectivity index (χ2n) is 4.18. The van der Waals surface area contributed by atoms with E-state index in [0.29, 0.717) is 12.2 Å². The van der Waals surface area contributed by atoms with Crippen molar-refractivity contribution in [2.45, 2.75) is 71.0 Å². The van der Waals surface area contributed by atoms with Gasteiger partial charge >= 0.3 is 0 Å². The first-order chi connectivity index (χ1) is 6.88. The third-order valence-corrected chi connectivity index (χ3v) is 2.82. The quantitative estimate of drug-likeness (QED) is 0.324. The Labute approximate surface area is 88.5 Å². The first-order valence-electron chi connectivity index (χ1n) is 6.20. The van der Waals surface area contributed by atoms with Crippen molar-refractivity contribution in [2.24, 2.45) is 0 Å². The van der Waals surface area contributed by atoms with Crippen LogP contribution in [0.5, 0.6) is 0 Å². The number of ether oxygens (including phenoxy) is 1. The van der Waals surface area contributed by atoms with Gasteiger partial charge in [-0.1, -0.05) is 51.7 Å². The second kappa shape index (κ2) is 7.05. The van der Waals surface area contributed by atoms with E-state index < -0.39 is 0 Å². The van der Waals surface area contributed by atoms with Crippen molar-refractivity contribution >= 4 is 0 Å². The molecule has 0 bridgehead atoms. The summed E-state index contributed by atoms with van der Waals surface area (Å²) in [5, 5.41) is 0. The van der Waals surface area contributed by atoms with E-state index in [0.717, 1.165) is 6.42 Å². The SMILES string of the molecule is CCCCCCC/C=C/[C@H]1O[C@@H]1CC. The van der Waals surface area contributed by atoms with Gasteiger partial charge in [-0.25, -0.2) is 0 Å². The Bertz CT molecular complexity index is 163. The van der Waals surface area contributed by atoms with Gasteiger partial charge in [0.15, 0.2) is 0 Å². The Morgan fingerprint density at radius 3 is 2.50 bits per heavy atom. The van der Waals surface area contributed by atoms with Gasteiger partial charge in [0, 0.05) is 0 Å². The van der Waals surface area contributed by atoms with Gasteiger partial charge in [-0.3, -0.25) is 0 Å². The predicted octanol–water partition coefficient (Wildman–Crippen LogP) is 4.08. The number of unbranched alkanes of at least 4 members (excludes halogenated alkanes) is 5. The number of epoxide rings is 1. The highest BCUT2D eigenvalue weighted by molar-refractivity contribution is 5.01. The molecule has 2 atom stereocenters. The predicted molar refractivity (Wildman–Crippen MR) is 61.5 cm³/mol. The Morgan fingerprint density at radius 1 is 1.07 bits per heavy atom. The summed E-state index contributed by atoms with van der Waals surface area (Å²) in [5.41, 5.74) is 0. The summed E-state index contributed by atoms with van der Waals surface area (Å²) in [5.74, 6) is 0. The Hall–Kier alpha value is -0.300. The molecule has 0 N–H and O–H groups in total. The minimum absolute atomic E-state index is 0.454. The molecular weight excluding hydrogens is 172 g/mol. The van der Waals surface area contributed by atoms with Crippen LogP contribution in [0.2, 0.25) is 0 Å². The first kappa shape index (κ1) is 11.8. The van der Waals surface area contributed by atoms with Crippen LogP contribution in [0.1, 0.15) is 58.8 Å². The van der Waals surface area contributed by atoms with E-state index in [9.17, 15) is 0 Å². The van der Waals surface area contributed by atoms with Crippen LogP contribution < -0.4 is 0 Å². The number of rotatable bonds is 8. The van der Waals surface area contributed by atoms with E-state index in [4.69, 9.17) is 4.74 Å². The monoisotopic (exact) mass is 196 g/mol. The fraction of sp³-hybridized carbons (Fsp3) is 0.846. The molecule has 0 radical (unpaired) electrons. The lowest BCUT2D eigenvalue weighted by Gasteiger charge is -1.95. The maximum absolute atomic E-state index is 5.42. The molecule has 0 saturated carbocycles. The average Bonchev–Trinajstić information content (AvgIpc) is 2.95. The molecule has 1 fully saturated rings. The summed E-state index contributed by atoms with van der Waals surface area (Å²) in [6.07, 6.45) is 14.8. The standard InChI is InChI=1S/C13H24O/c1-3-5-6-7-8-9-10-11-13-12(4-2)14-13/h10-13H,3-9H2,1-2H3/b11-10+/t12-,13-/m1/s1. The highest BCUT2D eigenvalue weighted by Crippen LogP contribution is 2.26. The lowest BCUT2D eigenvalue weighted by molar-refractivity contribution is 0.384. The van der Waals surface area contributed by atoms with Gasteiger partial charge in [0.1, 0.15) is 6.10 Å². The summed E-state index contributed by atoms with van der Waals surface area (Å²) < 4.78 is 5.42. The molecule has 1 heterocycles. The zero-order valence-corrected chi connectivity index (χ0v) is 9.67. The smallest absolute Gasteiger partial charge is 0.102 e. The fourth-order valence-electron chi connectivity index (χ4n) is 1.75. The van der Waals surface area contributed by atoms with Crippen LogP contribution in [0, 0.1) is 0 Å². The molecule has 1 aliphatic rings. The zero-order chi connectivity index (χ0) is 10.2. The van der Waals surface area contributed by atoms with Crippen molar-refractivity contribution < 1.29 is 4.74 Å². The normalized spacial score (nSPS) is 25.9. The molecule has 0 spiro atoms. The maximum atomic E-state index is 5.42. The fourth-order valence-corrected chi connectivity index (χ4v) is 1.75. The maximum Gasteiger partial charge on any atom is 0.102 e. The van der Waals surface area contributed by atoms with Gasteiger partial charge < -0.3 is 4.74 Å². The molecule has 82 valence electrons. The molecule has 1 nitrogen and oxygen atoms in total. The molecule has 0 aromatic heterocycles. The van der Waals surface area contributed by atoms with Crippen LogP contribution in [0.25, 0.3) is 0 Å². The third kappa shape index (κ3) is 4.80. The molecule has 1 heteroatoms. The molecule has 0 aromatic carbocycles. The Balaban J connectivity index is 1.84. The number of hydrogen-bond acceptors (Lipinski definition) is 1. The summed E-state index contributed by atoms with van der Waals surface area (Å²) in [7, 11) is 0. The topological polar surface area (TPSA) is 12.5 Å². The van der Waals surface area contributed by atoms with Gasteiger partial charge in [-0.05, 0) is 19.3 Å². The van der Waals surface area contributed by atoms with Crippen LogP contribution in [0.4, 0.5) is 0 Å². The van der Waals surface area contributed by atoms with E-state index in [1.807, 2.05) is 0 Å². The van der Waals surface area contributed by atoms with Crippen molar-refractivity contribution in [2.75, 3.05) is 0 Å². The van der Waals surface area contributed by atoms with Gasteiger partial charge in [-0.2, -0.15) is 0 Å². The van der Waals surface area contributed by atoms with Gasteiger partial charge in [0.2, 0.25) is 0 Å². The van der Waals surface area contributed by atoms with E-state index in [1.165, 1.54) is 38.5 Å². The minimum Gasteiger partial charge on any atom is -0.365 e. The Morgan fingerprint density at radius 2 is 1.86 bits per heavy atom. The molecule has 0 amide bonds. The Kier molecular flexibility index (Phi) is 5.93. The van der Waals surface area contributed by atoms with E-state index in [-0.39, 0.29) is 0 Å². The molecule has 1 saturated heterocycles. The number of hydrogen-bond donors (Lipinski definition) is 0. The average molecular weight is 196 g/mol. The lowest BCUT2D eigenvalue weighted by atomic mass is 10.1. The largest absolute Gasteiger partial charge is 0.365 e. The van der Waals surface area contributed by atoms with Gasteiger partial charge in [0.05, 0.1) is 6.10 Å². The van der Waals surface area contributed by atoms with Crippen LogP contribution >= 0.6 is 0 Å². The van der Waals surface area contributed by atoms with Crippen molar-refractivity contribution in [3.8, 4) is 0 Å². The summed E-state index contributed by atoms with van der Waals surface area (Å²) in [6.45, 7) is 4.44. The van der Waals surface area contributed by atoms with Crippen LogP contribution in [0.3, 0.4) is 0 Å². The summed E-state index contributed by atoms with van der Waals surface area (Å²) in [6, 6.07) is 0. The summed E-state index contributed by atoms with van der Waals surface area (Å²) >= 11 is 0. The van der Waals surface area contributed by atoms with Crippen molar-refractivity contribution in [3.63, 3.8) is 0 Å². The van der Waals surface area contributed by atoms with E-state index in [2.05, 4.69) is 26.0 Å². The highest BCUT2D eigenvalue weighted by Gasteiger charge is 2.33. The molecule has 0 unspecified atom stereocenters. The van der Waals surface area contributed by atoms with E-state index in [1.54, 1.807) is 0 Å². The van der Waals surface area contributed by atoms with Crippen molar-refractivity contribution in [1.29, 1.82) is 0 Å². The van der Waals surface area contributed by atoms with Crippen LogP contribution in [-0.4, -0.2) is 12.2 Å². The second-order valence-corrected chi connectivity index (χ2v) is 4.18. The van der Waals surface area contributed by atoms with Gasteiger partial charge in [-0.15, -0.1) is 0 Å². The molecular formula is C13H24O. The first-order valence-corrected chi connectivity index (χ1v) is 6.20. The van der Waals surface area contributed by atoms with Crippen molar-refractivity contribution in [1.82, 2.24) is 0 Å². The third-order valence-electron chi connectivity index (χ3n) is 2.82. The lowest BCUT2D eigenvalue weighted by Crippen LogP contribution is -1.86. The molecule has 1 aliphatic heterocycles. The molecule has 14 heavy (non-hydrogen) atoms. The molecule has 0 aliphatic carbocycles. The van der Waals surface area contributed by atoms with Gasteiger partial charge in [0.25, 0.3) is 0 Å². The van der Waals surface area contributed by atoms with E-state index >= 15 is 0 Å². The minimum atomic E-state index is 0.454. The van der Waals surface area contributed by atoms with Crippen molar-refractivity contribution in [3.05, 3.63) is 12.2 Å². The molecule has 1 rings (SSSR count).